The number of benzene rings is 2. The van der Waals surface area contributed by atoms with Crippen molar-refractivity contribution in [3.05, 3.63) is 40.4 Å². The van der Waals surface area contributed by atoms with Gasteiger partial charge in [0.15, 0.2) is 0 Å². The van der Waals surface area contributed by atoms with Crippen molar-refractivity contribution in [2.24, 2.45) is 0 Å². The lowest BCUT2D eigenvalue weighted by atomic mass is 10.1. The average Bonchev–Trinajstić information content (AvgIpc) is 2.40. The molecule has 0 bridgehead atoms. The highest BCUT2D eigenvalue weighted by molar-refractivity contribution is 7.87. The van der Waals surface area contributed by atoms with Crippen LogP contribution < -0.4 is 0 Å². The largest absolute Gasteiger partial charge is 0.298 e. The van der Waals surface area contributed by atoms with Gasteiger partial charge in [-0.25, -0.2) is 0 Å². The molecule has 3 nitrogen and oxygen atoms in total. The van der Waals surface area contributed by atoms with Crippen LogP contribution in [0.4, 0.5) is 0 Å². The zero-order valence-corrected chi connectivity index (χ0v) is 12.5. The molecule has 0 unspecified atom stereocenters. The maximum atomic E-state index is 12.0. The first-order chi connectivity index (χ1) is 8.97. The van der Waals surface area contributed by atoms with E-state index in [2.05, 4.69) is 0 Å². The Morgan fingerprint density at radius 1 is 1.16 bits per heavy atom. The van der Waals surface area contributed by atoms with E-state index in [-0.39, 0.29) is 16.5 Å². The normalized spacial score (nSPS) is 11.9. The van der Waals surface area contributed by atoms with Gasteiger partial charge in [0.25, 0.3) is 10.1 Å². The Morgan fingerprint density at radius 3 is 2.42 bits per heavy atom. The summed E-state index contributed by atoms with van der Waals surface area (Å²) in [6.07, 6.45) is 0.595. The Balaban J connectivity index is 2.66. The fourth-order valence-corrected chi connectivity index (χ4v) is 3.66. The van der Waals surface area contributed by atoms with Gasteiger partial charge in [-0.3, -0.25) is 4.18 Å². The molecule has 0 atom stereocenters. The molecule has 6 heteroatoms. The molecule has 0 fully saturated rings. The molecule has 0 spiro atoms. The minimum atomic E-state index is -3.88. The van der Waals surface area contributed by atoms with Crippen LogP contribution in [0.1, 0.15) is 13.3 Å². The number of rotatable bonds is 4. The highest BCUT2D eigenvalue weighted by atomic mass is 35.5. The number of hydrogen-bond donors (Lipinski definition) is 0. The summed E-state index contributed by atoms with van der Waals surface area (Å²) in [5.74, 6) is 0. The van der Waals surface area contributed by atoms with E-state index in [0.717, 1.165) is 0 Å². The van der Waals surface area contributed by atoms with Crippen LogP contribution in [0.5, 0.6) is 0 Å². The van der Waals surface area contributed by atoms with Crippen molar-refractivity contribution in [2.75, 3.05) is 6.61 Å². The Kier molecular flexibility index (Phi) is 4.36. The molecule has 102 valence electrons. The smallest absolute Gasteiger partial charge is 0.266 e. The first-order valence-electron chi connectivity index (χ1n) is 5.73. The molecule has 0 aliphatic carbocycles. The van der Waals surface area contributed by atoms with Crippen LogP contribution in [-0.4, -0.2) is 15.0 Å². The molecule has 0 aliphatic rings. The summed E-state index contributed by atoms with van der Waals surface area (Å²) in [6.45, 7) is 1.94. The maximum absolute atomic E-state index is 12.0. The van der Waals surface area contributed by atoms with Gasteiger partial charge in [0.1, 0.15) is 4.90 Å². The first kappa shape index (κ1) is 14.6. The van der Waals surface area contributed by atoms with E-state index in [1.807, 2.05) is 13.0 Å². The molecule has 0 amide bonds. The summed E-state index contributed by atoms with van der Waals surface area (Å²) in [4.78, 5) is -0.0914. The zero-order chi connectivity index (χ0) is 14.0. The van der Waals surface area contributed by atoms with Crippen LogP contribution in [0.25, 0.3) is 10.8 Å². The van der Waals surface area contributed by atoms with E-state index in [1.165, 1.54) is 6.07 Å². The second kappa shape index (κ2) is 5.67. The van der Waals surface area contributed by atoms with E-state index in [4.69, 9.17) is 27.4 Å². The molecular weight excluding hydrogens is 307 g/mol. The van der Waals surface area contributed by atoms with Gasteiger partial charge in [0, 0.05) is 15.8 Å². The number of hydrogen-bond acceptors (Lipinski definition) is 3. The molecule has 0 radical (unpaired) electrons. The van der Waals surface area contributed by atoms with E-state index >= 15 is 0 Å². The topological polar surface area (TPSA) is 43.4 Å². The molecule has 0 N–H and O–H groups in total. The van der Waals surface area contributed by atoms with Crippen LogP contribution in [0.15, 0.2) is 35.2 Å². The minimum absolute atomic E-state index is 0.0914. The molecule has 0 aliphatic heterocycles. The van der Waals surface area contributed by atoms with Crippen molar-refractivity contribution >= 4 is 44.1 Å². The predicted octanol–water partition coefficient (Wildman–Crippen LogP) is 4.26. The lowest BCUT2D eigenvalue weighted by molar-refractivity contribution is 0.318. The summed E-state index contributed by atoms with van der Waals surface area (Å²) in [5, 5.41) is 1.77. The molecular formula is C13H12Cl2O3S. The van der Waals surface area contributed by atoms with Crippen molar-refractivity contribution in [1.29, 1.82) is 0 Å². The SMILES string of the molecule is CCCOS(=O)(=O)c1cc(Cl)c2ccccc2c1Cl. The monoisotopic (exact) mass is 318 g/mol. The molecule has 0 saturated carbocycles. The van der Waals surface area contributed by atoms with Gasteiger partial charge in [0.05, 0.1) is 11.6 Å². The van der Waals surface area contributed by atoms with E-state index < -0.39 is 10.1 Å². The van der Waals surface area contributed by atoms with Crippen molar-refractivity contribution < 1.29 is 12.6 Å². The quantitative estimate of drug-likeness (QED) is 0.791. The van der Waals surface area contributed by atoms with Gasteiger partial charge in [0.2, 0.25) is 0 Å². The highest BCUT2D eigenvalue weighted by Gasteiger charge is 2.22. The highest BCUT2D eigenvalue weighted by Crippen LogP contribution is 2.36. The fourth-order valence-electron chi connectivity index (χ4n) is 1.71. The third kappa shape index (κ3) is 2.87. The van der Waals surface area contributed by atoms with Crippen LogP contribution in [0.3, 0.4) is 0 Å². The van der Waals surface area contributed by atoms with Gasteiger partial charge in [-0.15, -0.1) is 0 Å². The minimum Gasteiger partial charge on any atom is -0.266 e. The van der Waals surface area contributed by atoms with Crippen LogP contribution in [0, 0.1) is 0 Å². The van der Waals surface area contributed by atoms with Crippen LogP contribution in [0.2, 0.25) is 10.0 Å². The maximum Gasteiger partial charge on any atom is 0.298 e. The van der Waals surface area contributed by atoms with Crippen molar-refractivity contribution in [1.82, 2.24) is 0 Å². The summed E-state index contributed by atoms with van der Waals surface area (Å²) in [7, 11) is -3.88. The lowest BCUT2D eigenvalue weighted by Crippen LogP contribution is -2.08. The van der Waals surface area contributed by atoms with Gasteiger partial charge in [-0.2, -0.15) is 8.42 Å². The number of fused-ring (bicyclic) bond motifs is 1. The molecule has 0 aromatic heterocycles. The Labute approximate surface area is 122 Å². The third-order valence-electron chi connectivity index (χ3n) is 2.61. The molecule has 2 rings (SSSR count). The zero-order valence-electron chi connectivity index (χ0n) is 10.2. The van der Waals surface area contributed by atoms with Crippen LogP contribution in [-0.2, 0) is 14.3 Å². The summed E-state index contributed by atoms with van der Waals surface area (Å²) < 4.78 is 29.0. The van der Waals surface area contributed by atoms with Gasteiger partial charge in [-0.1, -0.05) is 54.4 Å². The van der Waals surface area contributed by atoms with Crippen molar-refractivity contribution in [2.45, 2.75) is 18.2 Å². The van der Waals surface area contributed by atoms with Gasteiger partial charge in [-0.05, 0) is 12.5 Å². The van der Waals surface area contributed by atoms with Gasteiger partial charge >= 0.3 is 0 Å². The van der Waals surface area contributed by atoms with E-state index in [9.17, 15) is 8.42 Å². The fraction of sp³-hybridized carbons (Fsp3) is 0.231. The average molecular weight is 319 g/mol. The van der Waals surface area contributed by atoms with Crippen molar-refractivity contribution in [3.63, 3.8) is 0 Å². The lowest BCUT2D eigenvalue weighted by Gasteiger charge is -2.10. The molecule has 0 heterocycles. The summed E-state index contributed by atoms with van der Waals surface area (Å²) in [6, 6.07) is 8.42. The second-order valence-corrected chi connectivity index (χ2v) is 6.36. The molecule has 0 saturated heterocycles. The summed E-state index contributed by atoms with van der Waals surface area (Å²) >= 11 is 12.3. The first-order valence-corrected chi connectivity index (χ1v) is 7.90. The summed E-state index contributed by atoms with van der Waals surface area (Å²) in [5.41, 5.74) is 0. The number of halogens is 2. The standard InChI is InChI=1S/C13H12Cl2O3S/c1-2-7-18-19(16,17)12-8-11(14)9-5-3-4-6-10(9)13(12)15/h3-6,8H,2,7H2,1H3. The van der Waals surface area contributed by atoms with Gasteiger partial charge < -0.3 is 0 Å². The van der Waals surface area contributed by atoms with Crippen molar-refractivity contribution in [3.8, 4) is 0 Å². The molecule has 2 aromatic rings. The van der Waals surface area contributed by atoms with E-state index in [0.29, 0.717) is 22.2 Å². The predicted molar refractivity (Wildman–Crippen MR) is 77.4 cm³/mol. The van der Waals surface area contributed by atoms with E-state index in [1.54, 1.807) is 18.2 Å². The van der Waals surface area contributed by atoms with Crippen LogP contribution >= 0.6 is 23.2 Å². The molecule has 19 heavy (non-hydrogen) atoms. The Morgan fingerprint density at radius 2 is 1.79 bits per heavy atom. The Hall–Kier alpha value is -0.810. The Bertz CT molecular complexity index is 711. The second-order valence-electron chi connectivity index (χ2n) is 3.99. The molecule has 2 aromatic carbocycles. The third-order valence-corrected chi connectivity index (χ3v) is 4.78.